The molecule has 1 aliphatic rings. The van der Waals surface area contributed by atoms with Crippen LogP contribution in [0.25, 0.3) is 0 Å². The molecule has 2 amide bonds. The van der Waals surface area contributed by atoms with E-state index in [0.29, 0.717) is 36.0 Å². The second kappa shape index (κ2) is 7.17. The summed E-state index contributed by atoms with van der Waals surface area (Å²) in [6.07, 6.45) is -4.48. The van der Waals surface area contributed by atoms with E-state index in [4.69, 9.17) is 5.73 Å². The summed E-state index contributed by atoms with van der Waals surface area (Å²) in [5.41, 5.74) is 6.75. The number of anilines is 2. The van der Waals surface area contributed by atoms with Gasteiger partial charge in [-0.2, -0.15) is 13.2 Å². The predicted molar refractivity (Wildman–Crippen MR) is 98.4 cm³/mol. The maximum absolute atomic E-state index is 13.1. The summed E-state index contributed by atoms with van der Waals surface area (Å²) in [5.74, 6) is 1.01. The highest BCUT2D eigenvalue weighted by Crippen LogP contribution is 2.34. The van der Waals surface area contributed by atoms with Gasteiger partial charge in [0, 0.05) is 18.3 Å². The van der Waals surface area contributed by atoms with Crippen LogP contribution in [0.3, 0.4) is 0 Å². The minimum atomic E-state index is -4.48. The zero-order chi connectivity index (χ0) is 20.6. The van der Waals surface area contributed by atoms with E-state index in [1.54, 1.807) is 25.8 Å². The van der Waals surface area contributed by atoms with Crippen LogP contribution in [0.2, 0.25) is 0 Å². The van der Waals surface area contributed by atoms with Gasteiger partial charge in [-0.1, -0.05) is 0 Å². The lowest BCUT2D eigenvalue weighted by atomic mass is 10.0. The smallest absolute Gasteiger partial charge is 0.399 e. The van der Waals surface area contributed by atoms with Gasteiger partial charge in [0.15, 0.2) is 0 Å². The van der Waals surface area contributed by atoms with Crippen molar-refractivity contribution in [3.8, 4) is 0 Å². The Labute approximate surface area is 160 Å². The summed E-state index contributed by atoms with van der Waals surface area (Å²) in [6.45, 7) is 4.11. The van der Waals surface area contributed by atoms with E-state index in [-0.39, 0.29) is 11.7 Å². The Hall–Kier alpha value is -3.04. The molecule has 0 radical (unpaired) electrons. The molecule has 2 aromatic rings. The van der Waals surface area contributed by atoms with E-state index in [0.717, 1.165) is 17.7 Å². The number of halogens is 3. The Morgan fingerprint density at radius 1 is 1.25 bits per heavy atom. The standard InChI is InChI=1S/C18H21F3N6O/c1-9(11-4-12(18(19,20)21)6-13(22)5-11)24-16-14-7-27(17(28)23-3)8-15(14)25-10(2)26-16/h4-6,9H,7-8,22H2,1-3H3,(H,23,28)(H,24,25,26)/t9-/m1/s1. The predicted octanol–water partition coefficient (Wildman–Crippen LogP) is 3.21. The topological polar surface area (TPSA) is 96.2 Å². The zero-order valence-corrected chi connectivity index (χ0v) is 15.7. The number of carbonyl (C=O) groups excluding carboxylic acids is 1. The number of nitrogen functional groups attached to an aromatic ring is 1. The Morgan fingerprint density at radius 2 is 1.96 bits per heavy atom. The highest BCUT2D eigenvalue weighted by atomic mass is 19.4. The van der Waals surface area contributed by atoms with Crippen molar-refractivity contribution in [3.63, 3.8) is 0 Å². The normalized spacial score (nSPS) is 14.6. The van der Waals surface area contributed by atoms with Crippen molar-refractivity contribution in [2.45, 2.75) is 39.2 Å². The molecular weight excluding hydrogens is 373 g/mol. The summed E-state index contributed by atoms with van der Waals surface area (Å²) in [4.78, 5) is 22.3. The van der Waals surface area contributed by atoms with Crippen LogP contribution in [0.1, 0.15) is 41.2 Å². The van der Waals surface area contributed by atoms with Gasteiger partial charge in [0.2, 0.25) is 0 Å². The number of nitrogens with one attached hydrogen (secondary N) is 2. The average molecular weight is 394 g/mol. The van der Waals surface area contributed by atoms with Crippen LogP contribution in [0, 0.1) is 6.92 Å². The van der Waals surface area contributed by atoms with Crippen LogP contribution in [-0.4, -0.2) is 27.9 Å². The molecule has 0 saturated heterocycles. The number of alkyl halides is 3. The third-order valence-electron chi connectivity index (χ3n) is 4.55. The van der Waals surface area contributed by atoms with Crippen molar-refractivity contribution in [1.82, 2.24) is 20.2 Å². The van der Waals surface area contributed by atoms with Crippen LogP contribution < -0.4 is 16.4 Å². The molecule has 0 spiro atoms. The molecule has 7 nitrogen and oxygen atoms in total. The maximum atomic E-state index is 13.1. The summed E-state index contributed by atoms with van der Waals surface area (Å²) < 4.78 is 39.3. The summed E-state index contributed by atoms with van der Waals surface area (Å²) in [5, 5.41) is 5.72. The molecule has 0 aliphatic carbocycles. The van der Waals surface area contributed by atoms with Gasteiger partial charge in [-0.05, 0) is 37.6 Å². The van der Waals surface area contributed by atoms with Crippen LogP contribution in [0.5, 0.6) is 0 Å². The van der Waals surface area contributed by atoms with Crippen LogP contribution in [0.15, 0.2) is 18.2 Å². The summed E-state index contributed by atoms with van der Waals surface area (Å²) >= 11 is 0. The SMILES string of the molecule is CNC(=O)N1Cc2nc(C)nc(N[C@H](C)c3cc(N)cc(C(F)(F)F)c3)c2C1. The molecular formula is C18H21F3N6O. The quantitative estimate of drug-likeness (QED) is 0.695. The number of aromatic nitrogens is 2. The molecule has 1 atom stereocenters. The minimum absolute atomic E-state index is 0.0355. The maximum Gasteiger partial charge on any atom is 0.416 e. The van der Waals surface area contributed by atoms with Crippen molar-refractivity contribution < 1.29 is 18.0 Å². The van der Waals surface area contributed by atoms with Crippen LogP contribution in [-0.2, 0) is 19.3 Å². The van der Waals surface area contributed by atoms with Crippen LogP contribution in [0.4, 0.5) is 29.5 Å². The molecule has 150 valence electrons. The molecule has 2 heterocycles. The Bertz CT molecular complexity index is 915. The first kappa shape index (κ1) is 19.7. The summed E-state index contributed by atoms with van der Waals surface area (Å²) in [7, 11) is 1.54. The fourth-order valence-electron chi connectivity index (χ4n) is 3.18. The third-order valence-corrected chi connectivity index (χ3v) is 4.55. The largest absolute Gasteiger partial charge is 0.416 e. The van der Waals surface area contributed by atoms with E-state index in [1.165, 1.54) is 6.07 Å². The van der Waals surface area contributed by atoms with Gasteiger partial charge < -0.3 is 21.3 Å². The lowest BCUT2D eigenvalue weighted by molar-refractivity contribution is -0.137. The van der Waals surface area contributed by atoms with Gasteiger partial charge in [-0.3, -0.25) is 0 Å². The number of nitrogens with two attached hydrogens (primary N) is 1. The average Bonchev–Trinajstić information content (AvgIpc) is 3.03. The first-order chi connectivity index (χ1) is 13.1. The molecule has 4 N–H and O–H groups in total. The fraction of sp³-hybridized carbons (Fsp3) is 0.389. The number of carbonyl (C=O) groups is 1. The van der Waals surface area contributed by atoms with Gasteiger partial charge in [-0.15, -0.1) is 0 Å². The van der Waals surface area contributed by atoms with E-state index in [2.05, 4.69) is 20.6 Å². The van der Waals surface area contributed by atoms with Crippen LogP contribution >= 0.6 is 0 Å². The van der Waals surface area contributed by atoms with E-state index >= 15 is 0 Å². The molecule has 10 heteroatoms. The van der Waals surface area contributed by atoms with Gasteiger partial charge in [0.25, 0.3) is 0 Å². The second-order valence-corrected chi connectivity index (χ2v) is 6.71. The van der Waals surface area contributed by atoms with Crippen molar-refractivity contribution in [1.29, 1.82) is 0 Å². The molecule has 0 bridgehead atoms. The number of nitrogens with zero attached hydrogens (tertiary/aromatic N) is 3. The number of benzene rings is 1. The number of rotatable bonds is 3. The molecule has 3 rings (SSSR count). The van der Waals surface area contributed by atoms with Gasteiger partial charge >= 0.3 is 12.2 Å². The highest BCUT2D eigenvalue weighted by Gasteiger charge is 2.32. The van der Waals surface area contributed by atoms with Crippen molar-refractivity contribution in [3.05, 3.63) is 46.4 Å². The first-order valence-electron chi connectivity index (χ1n) is 8.65. The molecule has 1 aromatic heterocycles. The number of fused-ring (bicyclic) bond motifs is 1. The lowest BCUT2D eigenvalue weighted by Crippen LogP contribution is -2.33. The number of urea groups is 1. The monoisotopic (exact) mass is 394 g/mol. The number of hydrogen-bond acceptors (Lipinski definition) is 5. The van der Waals surface area contributed by atoms with Crippen molar-refractivity contribution >= 4 is 17.5 Å². The van der Waals surface area contributed by atoms with Crippen molar-refractivity contribution in [2.75, 3.05) is 18.1 Å². The minimum Gasteiger partial charge on any atom is -0.399 e. The highest BCUT2D eigenvalue weighted by molar-refractivity contribution is 5.75. The molecule has 0 fully saturated rings. The van der Waals surface area contributed by atoms with Crippen molar-refractivity contribution in [2.24, 2.45) is 0 Å². The van der Waals surface area contributed by atoms with E-state index in [9.17, 15) is 18.0 Å². The third kappa shape index (κ3) is 3.95. The zero-order valence-electron chi connectivity index (χ0n) is 15.7. The molecule has 28 heavy (non-hydrogen) atoms. The Kier molecular flexibility index (Phi) is 5.05. The molecule has 0 unspecified atom stereocenters. The molecule has 1 aromatic carbocycles. The second-order valence-electron chi connectivity index (χ2n) is 6.71. The number of hydrogen-bond donors (Lipinski definition) is 3. The first-order valence-corrected chi connectivity index (χ1v) is 8.65. The fourth-order valence-corrected chi connectivity index (χ4v) is 3.18. The Balaban J connectivity index is 1.90. The summed E-state index contributed by atoms with van der Waals surface area (Å²) in [6, 6.07) is 2.75. The van der Waals surface area contributed by atoms with Gasteiger partial charge in [0.1, 0.15) is 11.6 Å². The Morgan fingerprint density at radius 3 is 2.61 bits per heavy atom. The number of amides is 2. The van der Waals surface area contributed by atoms with Gasteiger partial charge in [0.05, 0.1) is 30.4 Å². The molecule has 0 saturated carbocycles. The number of aryl methyl sites for hydroxylation is 1. The lowest BCUT2D eigenvalue weighted by Gasteiger charge is -2.19. The van der Waals surface area contributed by atoms with E-state index in [1.807, 2.05) is 0 Å². The van der Waals surface area contributed by atoms with Gasteiger partial charge in [-0.25, -0.2) is 14.8 Å². The molecule has 1 aliphatic heterocycles. The van der Waals surface area contributed by atoms with E-state index < -0.39 is 17.8 Å².